The molecule has 60 valence electrons. The molecule has 0 saturated heterocycles. The van der Waals surface area contributed by atoms with Crippen molar-refractivity contribution in [1.29, 1.82) is 0 Å². The van der Waals surface area contributed by atoms with E-state index in [1.54, 1.807) is 0 Å². The average Bonchev–Trinajstić information content (AvgIpc) is 1.87. The van der Waals surface area contributed by atoms with Gasteiger partial charge in [-0.05, 0) is 13.3 Å². The Morgan fingerprint density at radius 1 is 1.20 bits per heavy atom. The zero-order chi connectivity index (χ0) is 7.82. The van der Waals surface area contributed by atoms with E-state index in [0.717, 1.165) is 0 Å². The Morgan fingerprint density at radius 3 is 2.40 bits per heavy atom. The summed E-state index contributed by atoms with van der Waals surface area (Å²) in [4.78, 5) is 0. The van der Waals surface area contributed by atoms with Gasteiger partial charge in [0.1, 0.15) is 0 Å². The van der Waals surface area contributed by atoms with Gasteiger partial charge in [-0.2, -0.15) is 0 Å². The van der Waals surface area contributed by atoms with Crippen molar-refractivity contribution in [2.24, 2.45) is 0 Å². The summed E-state index contributed by atoms with van der Waals surface area (Å²) < 4.78 is 0. The van der Waals surface area contributed by atoms with Crippen molar-refractivity contribution in [2.75, 3.05) is 0 Å². The molecule has 0 N–H and O–H groups in total. The first-order valence-electron chi connectivity index (χ1n) is 4.38. The molecular weight excluding hydrogens is 136 g/mol. The highest BCUT2D eigenvalue weighted by molar-refractivity contribution is 6.55. The van der Waals surface area contributed by atoms with E-state index in [1.165, 1.54) is 25.3 Å². The maximum Gasteiger partial charge on any atom is 0.0305 e. The van der Waals surface area contributed by atoms with E-state index in [2.05, 4.69) is 32.2 Å². The topological polar surface area (TPSA) is 0 Å². The van der Waals surface area contributed by atoms with Gasteiger partial charge in [-0.3, -0.25) is 0 Å². The molecule has 0 bridgehead atoms. The highest BCUT2D eigenvalue weighted by atomic mass is 28.3. The molecule has 1 heteroatoms. The van der Waals surface area contributed by atoms with E-state index < -0.39 is 0 Å². The predicted octanol–water partition coefficient (Wildman–Crippen LogP) is 3.22. The van der Waals surface area contributed by atoms with E-state index >= 15 is 0 Å². The highest BCUT2D eigenvalue weighted by Crippen LogP contribution is 2.04. The van der Waals surface area contributed by atoms with Gasteiger partial charge in [-0.1, -0.05) is 44.1 Å². The number of allylic oxidation sites excluding steroid dienone is 2. The molecule has 0 aromatic heterocycles. The van der Waals surface area contributed by atoms with E-state index in [0.29, 0.717) is 0 Å². The quantitative estimate of drug-likeness (QED) is 0.326. The summed E-state index contributed by atoms with van der Waals surface area (Å²) in [6.07, 6.45) is 8.55. The molecular formula is C9H20Si. The first-order chi connectivity index (χ1) is 4.77. The normalized spacial score (nSPS) is 11.6. The standard InChI is InChI=1S/C9H20Si/c1-4-5-6-7-8-9-10(2)3/h4-5,10H,6-9H2,1-3H3. The van der Waals surface area contributed by atoms with Gasteiger partial charge in [-0.15, -0.1) is 0 Å². The molecule has 0 amide bonds. The van der Waals surface area contributed by atoms with Crippen molar-refractivity contribution in [2.45, 2.75) is 45.3 Å². The van der Waals surface area contributed by atoms with Gasteiger partial charge in [0.15, 0.2) is 0 Å². The van der Waals surface area contributed by atoms with Gasteiger partial charge in [0, 0.05) is 8.80 Å². The second kappa shape index (κ2) is 7.07. The van der Waals surface area contributed by atoms with Gasteiger partial charge >= 0.3 is 0 Å². The van der Waals surface area contributed by atoms with Crippen LogP contribution in [0.15, 0.2) is 12.2 Å². The first-order valence-corrected chi connectivity index (χ1v) is 7.51. The lowest BCUT2D eigenvalue weighted by Crippen LogP contribution is -1.97. The lowest BCUT2D eigenvalue weighted by atomic mass is 10.2. The van der Waals surface area contributed by atoms with Gasteiger partial charge < -0.3 is 0 Å². The van der Waals surface area contributed by atoms with Crippen LogP contribution < -0.4 is 0 Å². The maximum atomic E-state index is 2.43. The Hall–Kier alpha value is -0.0431. The minimum Gasteiger partial charge on any atom is -0.0917 e. The van der Waals surface area contributed by atoms with Crippen LogP contribution in [0, 0.1) is 0 Å². The van der Waals surface area contributed by atoms with Gasteiger partial charge in [0.05, 0.1) is 0 Å². The highest BCUT2D eigenvalue weighted by Gasteiger charge is 1.93. The number of unbranched alkanes of at least 4 members (excludes halogenated alkanes) is 2. The van der Waals surface area contributed by atoms with Crippen molar-refractivity contribution in [3.8, 4) is 0 Å². The molecule has 10 heavy (non-hydrogen) atoms. The molecule has 0 aliphatic heterocycles. The molecule has 0 radical (unpaired) electrons. The molecule has 0 fully saturated rings. The van der Waals surface area contributed by atoms with E-state index in [4.69, 9.17) is 0 Å². The van der Waals surface area contributed by atoms with Gasteiger partial charge in [0.25, 0.3) is 0 Å². The lowest BCUT2D eigenvalue weighted by Gasteiger charge is -1.99. The minimum absolute atomic E-state index is 0.246. The third kappa shape index (κ3) is 7.96. The van der Waals surface area contributed by atoms with Crippen LogP contribution in [0.5, 0.6) is 0 Å². The van der Waals surface area contributed by atoms with Crippen molar-refractivity contribution < 1.29 is 0 Å². The molecule has 0 saturated carbocycles. The van der Waals surface area contributed by atoms with Crippen LogP contribution in [0.1, 0.15) is 26.2 Å². The Kier molecular flexibility index (Phi) is 7.04. The molecule has 0 spiro atoms. The van der Waals surface area contributed by atoms with Crippen molar-refractivity contribution >= 4 is 8.80 Å². The molecule has 0 rings (SSSR count). The lowest BCUT2D eigenvalue weighted by molar-refractivity contribution is 0.807. The zero-order valence-corrected chi connectivity index (χ0v) is 8.72. The van der Waals surface area contributed by atoms with E-state index in [-0.39, 0.29) is 8.80 Å². The molecule has 0 heterocycles. The van der Waals surface area contributed by atoms with Crippen molar-refractivity contribution in [1.82, 2.24) is 0 Å². The molecule has 0 aromatic carbocycles. The molecule has 0 atom stereocenters. The fraction of sp³-hybridized carbons (Fsp3) is 0.778. The molecule has 0 aliphatic carbocycles. The summed E-state index contributed by atoms with van der Waals surface area (Å²) in [7, 11) is -0.246. The van der Waals surface area contributed by atoms with Crippen LogP contribution in [-0.2, 0) is 0 Å². The Balaban J connectivity index is 2.91. The number of hydrogen-bond acceptors (Lipinski definition) is 0. The molecule has 0 nitrogen and oxygen atoms in total. The van der Waals surface area contributed by atoms with Crippen LogP contribution in [-0.4, -0.2) is 8.80 Å². The smallest absolute Gasteiger partial charge is 0.0305 e. The summed E-state index contributed by atoms with van der Waals surface area (Å²) in [5.41, 5.74) is 0. The first kappa shape index (κ1) is 9.96. The summed E-state index contributed by atoms with van der Waals surface area (Å²) >= 11 is 0. The molecule has 0 aliphatic rings. The van der Waals surface area contributed by atoms with Crippen LogP contribution in [0.2, 0.25) is 19.1 Å². The number of hydrogen-bond donors (Lipinski definition) is 0. The van der Waals surface area contributed by atoms with Crippen molar-refractivity contribution in [3.63, 3.8) is 0 Å². The average molecular weight is 156 g/mol. The summed E-state index contributed by atoms with van der Waals surface area (Å²) in [6, 6.07) is 1.53. The Bertz CT molecular complexity index is 84.7. The third-order valence-electron chi connectivity index (χ3n) is 1.64. The Morgan fingerprint density at radius 2 is 1.90 bits per heavy atom. The second-order valence-corrected chi connectivity index (χ2v) is 6.61. The summed E-state index contributed by atoms with van der Waals surface area (Å²) in [5, 5.41) is 0. The van der Waals surface area contributed by atoms with Crippen LogP contribution in [0.25, 0.3) is 0 Å². The van der Waals surface area contributed by atoms with E-state index in [9.17, 15) is 0 Å². The fourth-order valence-electron chi connectivity index (χ4n) is 0.981. The monoisotopic (exact) mass is 156 g/mol. The maximum absolute atomic E-state index is 2.43. The molecule has 0 aromatic rings. The zero-order valence-electron chi connectivity index (χ0n) is 7.56. The SMILES string of the molecule is CC=CCCCC[SiH](C)C. The number of rotatable bonds is 5. The second-order valence-electron chi connectivity index (χ2n) is 3.25. The van der Waals surface area contributed by atoms with Crippen LogP contribution >= 0.6 is 0 Å². The predicted molar refractivity (Wildman–Crippen MR) is 52.3 cm³/mol. The van der Waals surface area contributed by atoms with Crippen LogP contribution in [0.3, 0.4) is 0 Å². The largest absolute Gasteiger partial charge is 0.0917 e. The van der Waals surface area contributed by atoms with E-state index in [1.807, 2.05) is 0 Å². The third-order valence-corrected chi connectivity index (χ3v) is 3.20. The minimum atomic E-state index is -0.246. The van der Waals surface area contributed by atoms with Crippen molar-refractivity contribution in [3.05, 3.63) is 12.2 Å². The summed E-state index contributed by atoms with van der Waals surface area (Å²) in [5.74, 6) is 0. The molecule has 0 unspecified atom stereocenters. The van der Waals surface area contributed by atoms with Gasteiger partial charge in [-0.25, -0.2) is 0 Å². The summed E-state index contributed by atoms with van der Waals surface area (Å²) in [6.45, 7) is 6.95. The Labute approximate surface area is 66.9 Å². The van der Waals surface area contributed by atoms with Gasteiger partial charge in [0.2, 0.25) is 0 Å². The van der Waals surface area contributed by atoms with Crippen LogP contribution in [0.4, 0.5) is 0 Å². The fourth-order valence-corrected chi connectivity index (χ4v) is 2.09.